The number of ether oxygens (including phenoxy) is 1. The third-order valence-corrected chi connectivity index (χ3v) is 3.46. The minimum Gasteiger partial charge on any atom is -0.496 e. The van der Waals surface area contributed by atoms with E-state index in [0.29, 0.717) is 6.54 Å². The molecule has 0 aliphatic rings. The molecule has 0 unspecified atom stereocenters. The van der Waals surface area contributed by atoms with Gasteiger partial charge >= 0.3 is 0 Å². The van der Waals surface area contributed by atoms with Crippen LogP contribution in [0, 0.1) is 0 Å². The zero-order valence-electron chi connectivity index (χ0n) is 13.7. The number of benzene rings is 1. The highest BCUT2D eigenvalue weighted by Gasteiger charge is 2.03. The van der Waals surface area contributed by atoms with Crippen LogP contribution < -0.4 is 15.4 Å². The van der Waals surface area contributed by atoms with E-state index in [9.17, 15) is 0 Å². The molecule has 0 saturated heterocycles. The molecule has 0 amide bonds. The Morgan fingerprint density at radius 3 is 2.70 bits per heavy atom. The van der Waals surface area contributed by atoms with Gasteiger partial charge in [-0.25, -0.2) is 0 Å². The van der Waals surface area contributed by atoms with Crippen molar-refractivity contribution in [3.8, 4) is 5.75 Å². The van der Waals surface area contributed by atoms with E-state index < -0.39 is 0 Å². The molecule has 1 heterocycles. The first kappa shape index (κ1) is 16.8. The van der Waals surface area contributed by atoms with Crippen LogP contribution in [0.1, 0.15) is 18.4 Å². The molecule has 0 aliphatic heterocycles. The fraction of sp³-hybridized carbons (Fsp3) is 0.438. The first-order valence-electron chi connectivity index (χ1n) is 7.72. The lowest BCUT2D eigenvalue weighted by atomic mass is 10.2. The van der Waals surface area contributed by atoms with Crippen LogP contribution in [-0.4, -0.2) is 41.4 Å². The van der Waals surface area contributed by atoms with Crippen LogP contribution in [0.25, 0.3) is 0 Å². The monoisotopic (exact) mass is 316 g/mol. The van der Waals surface area contributed by atoms with Crippen molar-refractivity contribution in [1.29, 1.82) is 0 Å². The summed E-state index contributed by atoms with van der Waals surface area (Å²) in [5, 5.41) is 14.2. The number of hydrogen-bond donors (Lipinski definition) is 2. The van der Waals surface area contributed by atoms with Gasteiger partial charge in [0.1, 0.15) is 18.4 Å². The Bertz CT molecular complexity index is 596. The summed E-state index contributed by atoms with van der Waals surface area (Å²) in [4.78, 5) is 4.23. The smallest absolute Gasteiger partial charge is 0.191 e. The minimum atomic E-state index is 0.671. The summed E-state index contributed by atoms with van der Waals surface area (Å²) in [5.74, 6) is 1.67. The third-order valence-electron chi connectivity index (χ3n) is 3.46. The molecule has 1 aromatic carbocycles. The lowest BCUT2D eigenvalue weighted by Crippen LogP contribution is -2.37. The third kappa shape index (κ3) is 5.61. The Morgan fingerprint density at radius 2 is 1.96 bits per heavy atom. The van der Waals surface area contributed by atoms with Gasteiger partial charge in [0.2, 0.25) is 0 Å². The van der Waals surface area contributed by atoms with Gasteiger partial charge in [-0.15, -0.1) is 10.2 Å². The van der Waals surface area contributed by atoms with Crippen LogP contribution in [0.4, 0.5) is 0 Å². The second kappa shape index (κ2) is 9.45. The molecule has 2 aromatic rings. The normalized spacial score (nSPS) is 11.3. The van der Waals surface area contributed by atoms with Gasteiger partial charge in [0.15, 0.2) is 5.96 Å². The summed E-state index contributed by atoms with van der Waals surface area (Å²) in [6.45, 7) is 2.47. The molecule has 1 aromatic heterocycles. The zero-order valence-corrected chi connectivity index (χ0v) is 13.7. The molecule has 2 rings (SSSR count). The largest absolute Gasteiger partial charge is 0.496 e. The quantitative estimate of drug-likeness (QED) is 0.438. The SMILES string of the molecule is CN=C(NCCCCn1cnnc1)NCc1ccccc1OC. The number of para-hydroxylation sites is 1. The first-order chi connectivity index (χ1) is 11.3. The van der Waals surface area contributed by atoms with Crippen molar-refractivity contribution in [2.24, 2.45) is 4.99 Å². The van der Waals surface area contributed by atoms with Crippen LogP contribution in [0.3, 0.4) is 0 Å². The predicted octanol–water partition coefficient (Wildman–Crippen LogP) is 1.43. The fourth-order valence-corrected chi connectivity index (χ4v) is 2.21. The lowest BCUT2D eigenvalue weighted by Gasteiger charge is -2.13. The number of hydrogen-bond acceptors (Lipinski definition) is 4. The minimum absolute atomic E-state index is 0.671. The van der Waals surface area contributed by atoms with Gasteiger partial charge in [-0.1, -0.05) is 18.2 Å². The summed E-state index contributed by atoms with van der Waals surface area (Å²) in [5.41, 5.74) is 1.10. The highest BCUT2D eigenvalue weighted by atomic mass is 16.5. The van der Waals surface area contributed by atoms with Crippen LogP contribution in [0.15, 0.2) is 41.9 Å². The highest BCUT2D eigenvalue weighted by molar-refractivity contribution is 5.79. The van der Waals surface area contributed by atoms with Crippen LogP contribution in [-0.2, 0) is 13.1 Å². The van der Waals surface area contributed by atoms with E-state index in [2.05, 4.69) is 25.8 Å². The Kier molecular flexibility index (Phi) is 6.90. The van der Waals surface area contributed by atoms with E-state index in [0.717, 1.165) is 43.2 Å². The maximum absolute atomic E-state index is 5.35. The number of unbranched alkanes of at least 4 members (excludes halogenated alkanes) is 1. The summed E-state index contributed by atoms with van der Waals surface area (Å²) in [7, 11) is 3.45. The number of methoxy groups -OCH3 is 1. The lowest BCUT2D eigenvalue weighted by molar-refractivity contribution is 0.409. The molecule has 0 radical (unpaired) electrons. The molecule has 0 atom stereocenters. The maximum atomic E-state index is 5.35. The molecule has 7 nitrogen and oxygen atoms in total. The average molecular weight is 316 g/mol. The molecule has 0 spiro atoms. The summed E-state index contributed by atoms with van der Waals surface area (Å²) < 4.78 is 7.33. The second-order valence-corrected chi connectivity index (χ2v) is 5.07. The Labute approximate surface area is 136 Å². The molecule has 2 N–H and O–H groups in total. The van der Waals surface area contributed by atoms with E-state index in [4.69, 9.17) is 4.74 Å². The molecule has 0 fully saturated rings. The van der Waals surface area contributed by atoms with Crippen molar-refractivity contribution < 1.29 is 4.74 Å². The molecule has 124 valence electrons. The molecule has 0 saturated carbocycles. The standard InChI is InChI=1S/C16H24N6O/c1-17-16(18-9-5-6-10-22-12-20-21-13-22)19-11-14-7-3-4-8-15(14)23-2/h3-4,7-8,12-13H,5-6,9-11H2,1-2H3,(H2,17,18,19). The number of aryl methyl sites for hydroxylation is 1. The van der Waals surface area contributed by atoms with E-state index in [1.807, 2.05) is 28.8 Å². The molecule has 23 heavy (non-hydrogen) atoms. The van der Waals surface area contributed by atoms with Crippen molar-refractivity contribution in [2.45, 2.75) is 25.9 Å². The van der Waals surface area contributed by atoms with Gasteiger partial charge < -0.3 is 19.9 Å². The van der Waals surface area contributed by atoms with Gasteiger partial charge in [-0.2, -0.15) is 0 Å². The fourth-order valence-electron chi connectivity index (χ4n) is 2.21. The van der Waals surface area contributed by atoms with Crippen molar-refractivity contribution >= 4 is 5.96 Å². The van der Waals surface area contributed by atoms with Crippen LogP contribution in [0.2, 0.25) is 0 Å². The van der Waals surface area contributed by atoms with Crippen molar-refractivity contribution in [1.82, 2.24) is 25.4 Å². The number of aromatic nitrogens is 3. The van der Waals surface area contributed by atoms with E-state index in [1.165, 1.54) is 0 Å². The Hall–Kier alpha value is -2.57. The number of aliphatic imine (C=N–C) groups is 1. The van der Waals surface area contributed by atoms with Gasteiger partial charge in [0.25, 0.3) is 0 Å². The Balaban J connectivity index is 1.67. The van der Waals surface area contributed by atoms with Crippen molar-refractivity contribution in [2.75, 3.05) is 20.7 Å². The first-order valence-corrected chi connectivity index (χ1v) is 7.72. The molecular formula is C16H24N6O. The van der Waals surface area contributed by atoms with E-state index in [-0.39, 0.29) is 0 Å². The number of guanidine groups is 1. The predicted molar refractivity (Wildman–Crippen MR) is 90.5 cm³/mol. The van der Waals surface area contributed by atoms with Crippen LogP contribution in [0.5, 0.6) is 5.75 Å². The number of nitrogens with one attached hydrogen (secondary N) is 2. The molecular weight excluding hydrogens is 292 g/mol. The van der Waals surface area contributed by atoms with E-state index in [1.54, 1.807) is 26.8 Å². The summed E-state index contributed by atoms with van der Waals surface area (Å²) in [6.07, 6.45) is 5.59. The average Bonchev–Trinajstić information content (AvgIpc) is 3.11. The zero-order chi connectivity index (χ0) is 16.3. The summed E-state index contributed by atoms with van der Waals surface area (Å²) in [6, 6.07) is 7.96. The summed E-state index contributed by atoms with van der Waals surface area (Å²) >= 11 is 0. The van der Waals surface area contributed by atoms with E-state index >= 15 is 0 Å². The topological polar surface area (TPSA) is 76.4 Å². The van der Waals surface area contributed by atoms with Crippen molar-refractivity contribution in [3.05, 3.63) is 42.5 Å². The number of nitrogens with zero attached hydrogens (tertiary/aromatic N) is 4. The number of rotatable bonds is 8. The van der Waals surface area contributed by atoms with Gasteiger partial charge in [-0.3, -0.25) is 4.99 Å². The second-order valence-electron chi connectivity index (χ2n) is 5.07. The van der Waals surface area contributed by atoms with Gasteiger partial charge in [0.05, 0.1) is 7.11 Å². The highest BCUT2D eigenvalue weighted by Crippen LogP contribution is 2.16. The van der Waals surface area contributed by atoms with Gasteiger partial charge in [0, 0.05) is 32.2 Å². The Morgan fingerprint density at radius 1 is 1.17 bits per heavy atom. The molecule has 7 heteroatoms. The molecule has 0 bridgehead atoms. The van der Waals surface area contributed by atoms with Crippen molar-refractivity contribution in [3.63, 3.8) is 0 Å². The van der Waals surface area contributed by atoms with Crippen LogP contribution >= 0.6 is 0 Å². The van der Waals surface area contributed by atoms with Gasteiger partial charge in [-0.05, 0) is 18.9 Å². The maximum Gasteiger partial charge on any atom is 0.191 e. The molecule has 0 aliphatic carbocycles.